The molecule has 0 N–H and O–H groups in total. The number of benzene rings is 1. The summed E-state index contributed by atoms with van der Waals surface area (Å²) in [4.78, 5) is 2.74. The Hall–Kier alpha value is -1.84. The lowest BCUT2D eigenvalue weighted by molar-refractivity contribution is 0.228. The van der Waals surface area contributed by atoms with E-state index in [9.17, 15) is 4.57 Å². The highest BCUT2D eigenvalue weighted by Gasteiger charge is 2.36. The molecule has 1 atom stereocenters. The maximum Gasteiger partial charge on any atom is 0.344 e. The highest BCUT2D eigenvalue weighted by molar-refractivity contribution is 7.54. The van der Waals surface area contributed by atoms with Crippen molar-refractivity contribution in [1.82, 2.24) is 0 Å². The molecule has 1 rings (SSSR count). The molecule has 0 bridgehead atoms. The lowest BCUT2D eigenvalue weighted by Gasteiger charge is -2.23. The van der Waals surface area contributed by atoms with E-state index in [1.54, 1.807) is 30.3 Å². The highest BCUT2D eigenvalue weighted by Crippen LogP contribution is 2.61. The Kier molecular flexibility index (Phi) is 6.77. The van der Waals surface area contributed by atoms with Crippen LogP contribution in [0.5, 0.6) is 0 Å². The van der Waals surface area contributed by atoms with Crippen LogP contribution in [-0.2, 0) is 13.6 Å². The Bertz CT molecular complexity index is 525. The number of azide groups is 1. The second-order valence-electron chi connectivity index (χ2n) is 3.70. The quantitative estimate of drug-likeness (QED) is 0.219. The van der Waals surface area contributed by atoms with Crippen molar-refractivity contribution in [2.24, 2.45) is 5.11 Å². The summed E-state index contributed by atoms with van der Waals surface area (Å²) in [5.41, 5.74) is 9.26. The molecule has 0 aromatic heterocycles. The van der Waals surface area contributed by atoms with Crippen LogP contribution >= 0.6 is 7.60 Å². The van der Waals surface area contributed by atoms with Crippen molar-refractivity contribution in [1.29, 1.82) is 0 Å². The van der Waals surface area contributed by atoms with Gasteiger partial charge >= 0.3 is 7.60 Å². The molecule has 0 spiro atoms. The van der Waals surface area contributed by atoms with Gasteiger partial charge in [-0.05, 0) is 11.1 Å². The summed E-state index contributed by atoms with van der Waals surface area (Å²) in [5.74, 6) is -1.05. The van der Waals surface area contributed by atoms with E-state index < -0.39 is 13.4 Å². The highest BCUT2D eigenvalue weighted by atomic mass is 31.2. The number of hydrogen-bond acceptors (Lipinski definition) is 4. The van der Waals surface area contributed by atoms with Crippen LogP contribution in [-0.4, -0.2) is 13.2 Å². The van der Waals surface area contributed by atoms with Crippen LogP contribution < -0.4 is 0 Å². The molecular formula is C13H16N3O3P. The van der Waals surface area contributed by atoms with Gasteiger partial charge in [-0.25, -0.2) is 0 Å². The molecule has 0 aliphatic carbocycles. The van der Waals surface area contributed by atoms with Crippen molar-refractivity contribution in [2.45, 2.75) is 5.78 Å². The summed E-state index contributed by atoms with van der Waals surface area (Å²) in [6, 6.07) is 8.69. The first-order valence-electron chi connectivity index (χ1n) is 5.87. The van der Waals surface area contributed by atoms with Crippen LogP contribution in [0.1, 0.15) is 11.3 Å². The lowest BCUT2D eigenvalue weighted by atomic mass is 10.2. The van der Waals surface area contributed by atoms with Crippen molar-refractivity contribution in [2.75, 3.05) is 13.2 Å². The Morgan fingerprint density at radius 2 is 1.80 bits per heavy atom. The molecule has 0 heterocycles. The average Bonchev–Trinajstić information content (AvgIpc) is 2.49. The summed E-state index contributed by atoms with van der Waals surface area (Å²) >= 11 is 0. The van der Waals surface area contributed by atoms with E-state index in [1.165, 1.54) is 12.2 Å². The smallest absolute Gasteiger partial charge is 0.304 e. The molecule has 0 unspecified atom stereocenters. The predicted octanol–water partition coefficient (Wildman–Crippen LogP) is 4.59. The van der Waals surface area contributed by atoms with Gasteiger partial charge in [0.2, 0.25) is 0 Å². The summed E-state index contributed by atoms with van der Waals surface area (Å²) in [6.45, 7) is 7.05. The summed E-state index contributed by atoms with van der Waals surface area (Å²) in [7, 11) is -3.66. The molecule has 0 aliphatic heterocycles. The van der Waals surface area contributed by atoms with Gasteiger partial charge in [-0.3, -0.25) is 4.57 Å². The van der Waals surface area contributed by atoms with Crippen LogP contribution in [0, 0.1) is 0 Å². The van der Waals surface area contributed by atoms with Crippen LogP contribution in [0.4, 0.5) is 0 Å². The second-order valence-corrected chi connectivity index (χ2v) is 5.78. The number of nitrogens with zero attached hydrogens (tertiary/aromatic N) is 3. The molecule has 7 heteroatoms. The molecule has 0 fully saturated rings. The standard InChI is InChI=1S/C13H16N3O3P/c1-3-10-18-20(17,19-11-4-2)13(15-16-14)12-8-6-5-7-9-12/h3-9,13H,1-2,10-11H2/t13-/m1/s1. The second kappa shape index (κ2) is 8.35. The van der Waals surface area contributed by atoms with Gasteiger partial charge in [0.1, 0.15) is 0 Å². The third-order valence-electron chi connectivity index (χ3n) is 2.30. The van der Waals surface area contributed by atoms with Crippen LogP contribution in [0.15, 0.2) is 60.8 Å². The van der Waals surface area contributed by atoms with Crippen molar-refractivity contribution in [3.63, 3.8) is 0 Å². The fraction of sp³-hybridized carbons (Fsp3) is 0.231. The van der Waals surface area contributed by atoms with Gasteiger partial charge in [-0.2, -0.15) is 0 Å². The van der Waals surface area contributed by atoms with Gasteiger partial charge in [0, 0.05) is 4.91 Å². The van der Waals surface area contributed by atoms with E-state index in [1.807, 2.05) is 0 Å². The van der Waals surface area contributed by atoms with E-state index in [2.05, 4.69) is 23.2 Å². The third-order valence-corrected chi connectivity index (χ3v) is 4.32. The van der Waals surface area contributed by atoms with E-state index in [-0.39, 0.29) is 13.2 Å². The summed E-state index contributed by atoms with van der Waals surface area (Å²) in [6.07, 6.45) is 2.89. The monoisotopic (exact) mass is 293 g/mol. The Morgan fingerprint density at radius 3 is 2.25 bits per heavy atom. The van der Waals surface area contributed by atoms with Crippen molar-refractivity contribution in [3.05, 3.63) is 71.6 Å². The van der Waals surface area contributed by atoms with E-state index >= 15 is 0 Å². The largest absolute Gasteiger partial charge is 0.344 e. The minimum Gasteiger partial charge on any atom is -0.304 e. The zero-order valence-electron chi connectivity index (χ0n) is 11.0. The van der Waals surface area contributed by atoms with Crippen LogP contribution in [0.25, 0.3) is 10.4 Å². The zero-order valence-corrected chi connectivity index (χ0v) is 11.9. The van der Waals surface area contributed by atoms with Crippen LogP contribution in [0.3, 0.4) is 0 Å². The van der Waals surface area contributed by atoms with Crippen molar-refractivity contribution < 1.29 is 13.6 Å². The molecular weight excluding hydrogens is 277 g/mol. The molecule has 0 aliphatic rings. The van der Waals surface area contributed by atoms with Gasteiger partial charge in [-0.1, -0.05) is 47.6 Å². The van der Waals surface area contributed by atoms with Gasteiger partial charge in [0.05, 0.1) is 13.2 Å². The van der Waals surface area contributed by atoms with Crippen LogP contribution in [0.2, 0.25) is 0 Å². The zero-order chi connectivity index (χ0) is 14.8. The Balaban J connectivity index is 3.16. The SMILES string of the molecule is C=CCOP(=O)(OCC=C)[C@@H](N=[N+]=[N-])c1ccccc1. The molecule has 0 saturated heterocycles. The van der Waals surface area contributed by atoms with Crippen molar-refractivity contribution in [3.8, 4) is 0 Å². The molecule has 0 saturated carbocycles. The maximum atomic E-state index is 12.8. The molecule has 1 aromatic carbocycles. The van der Waals surface area contributed by atoms with Gasteiger partial charge < -0.3 is 9.05 Å². The first-order chi connectivity index (χ1) is 9.68. The van der Waals surface area contributed by atoms with E-state index in [4.69, 9.17) is 14.6 Å². The average molecular weight is 293 g/mol. The Morgan fingerprint density at radius 1 is 1.25 bits per heavy atom. The summed E-state index contributed by atoms with van der Waals surface area (Å²) < 4.78 is 23.3. The van der Waals surface area contributed by atoms with Gasteiger partial charge in [0.25, 0.3) is 0 Å². The molecule has 20 heavy (non-hydrogen) atoms. The third kappa shape index (κ3) is 4.37. The molecule has 0 amide bonds. The number of hydrogen-bond donors (Lipinski definition) is 0. The minimum atomic E-state index is -3.66. The van der Waals surface area contributed by atoms with Gasteiger partial charge in [0.15, 0.2) is 5.78 Å². The fourth-order valence-electron chi connectivity index (χ4n) is 1.48. The topological polar surface area (TPSA) is 84.3 Å². The normalized spacial score (nSPS) is 12.2. The predicted molar refractivity (Wildman–Crippen MR) is 78.2 cm³/mol. The van der Waals surface area contributed by atoms with Crippen molar-refractivity contribution >= 4 is 7.60 Å². The van der Waals surface area contributed by atoms with E-state index in [0.29, 0.717) is 5.56 Å². The molecule has 106 valence electrons. The molecule has 6 nitrogen and oxygen atoms in total. The fourth-order valence-corrected chi connectivity index (χ4v) is 3.17. The van der Waals surface area contributed by atoms with E-state index in [0.717, 1.165) is 0 Å². The Labute approximate surface area is 117 Å². The number of rotatable bonds is 9. The van der Waals surface area contributed by atoms with Gasteiger partial charge in [-0.15, -0.1) is 13.2 Å². The first kappa shape index (κ1) is 16.2. The molecule has 0 radical (unpaired) electrons. The lowest BCUT2D eigenvalue weighted by Crippen LogP contribution is -2.05. The first-order valence-corrected chi connectivity index (χ1v) is 7.49. The molecule has 1 aromatic rings. The maximum absolute atomic E-state index is 12.8. The minimum absolute atomic E-state index is 0.0265. The summed E-state index contributed by atoms with van der Waals surface area (Å²) in [5, 5.41) is 3.57.